The number of amides is 2. The van der Waals surface area contributed by atoms with E-state index in [1.54, 1.807) is 22.9 Å². The first-order chi connectivity index (χ1) is 19.9. The Balaban J connectivity index is 1.66. The maximum atomic E-state index is 14.5. The van der Waals surface area contributed by atoms with Crippen LogP contribution in [0.4, 0.5) is 14.6 Å². The zero-order valence-corrected chi connectivity index (χ0v) is 25.2. The normalized spacial score (nSPS) is 15.4. The number of benzene rings is 3. The van der Waals surface area contributed by atoms with E-state index in [1.807, 2.05) is 32.0 Å². The second-order valence-electron chi connectivity index (χ2n) is 11.7. The highest BCUT2D eigenvalue weighted by Crippen LogP contribution is 2.48. The molecule has 5 rings (SSSR count). The summed E-state index contributed by atoms with van der Waals surface area (Å²) in [6.07, 6.45) is 0. The molecule has 0 aliphatic carbocycles. The molecule has 0 bridgehead atoms. The molecule has 1 N–H and O–H groups in total. The number of carbonyl (C=O) groups excluding carboxylic acids is 2. The van der Waals surface area contributed by atoms with Gasteiger partial charge in [-0.2, -0.15) is 5.10 Å². The van der Waals surface area contributed by atoms with Crippen LogP contribution in [0.3, 0.4) is 0 Å². The lowest BCUT2D eigenvalue weighted by Gasteiger charge is -2.25. The maximum absolute atomic E-state index is 14.5. The number of rotatable bonds is 6. The first-order valence-corrected chi connectivity index (χ1v) is 14.9. The zero-order valence-electron chi connectivity index (χ0n) is 24.4. The molecule has 42 heavy (non-hydrogen) atoms. The van der Waals surface area contributed by atoms with Crippen LogP contribution in [-0.2, 0) is 21.5 Å². The number of fused-ring (bicyclic) bond motifs is 1. The van der Waals surface area contributed by atoms with Crippen molar-refractivity contribution in [2.75, 3.05) is 17.2 Å². The number of thioether (sulfide) groups is 1. The topological polar surface area (TPSA) is 67.2 Å². The van der Waals surface area contributed by atoms with Crippen LogP contribution in [0.25, 0.3) is 5.69 Å². The molecule has 3 aromatic carbocycles. The van der Waals surface area contributed by atoms with Crippen LogP contribution in [0.2, 0.25) is 0 Å². The molecule has 1 aliphatic rings. The first kappa shape index (κ1) is 29.5. The Labute approximate surface area is 249 Å². The Morgan fingerprint density at radius 3 is 2.43 bits per heavy atom. The van der Waals surface area contributed by atoms with Crippen LogP contribution < -0.4 is 10.2 Å². The molecule has 1 aliphatic heterocycles. The number of carbonyl (C=O) groups is 2. The summed E-state index contributed by atoms with van der Waals surface area (Å²) in [5.74, 6) is -0.721. The fourth-order valence-electron chi connectivity index (χ4n) is 5.22. The van der Waals surface area contributed by atoms with Crippen LogP contribution in [0.15, 0.2) is 66.7 Å². The molecule has 2 amide bonds. The van der Waals surface area contributed by atoms with Crippen molar-refractivity contribution in [2.45, 2.75) is 51.8 Å². The molecule has 0 fully saturated rings. The third-order valence-electron chi connectivity index (χ3n) is 7.24. The minimum absolute atomic E-state index is 0.0948. The molecule has 0 saturated heterocycles. The van der Waals surface area contributed by atoms with Gasteiger partial charge >= 0.3 is 0 Å². The molecular weight excluding hydrogens is 554 g/mol. The summed E-state index contributed by atoms with van der Waals surface area (Å²) in [4.78, 5) is 28.6. The lowest BCUT2D eigenvalue weighted by atomic mass is 9.87. The third-order valence-corrected chi connectivity index (χ3v) is 8.49. The molecule has 4 aromatic rings. The van der Waals surface area contributed by atoms with Crippen molar-refractivity contribution >= 4 is 29.4 Å². The van der Waals surface area contributed by atoms with Crippen LogP contribution in [-0.4, -0.2) is 33.9 Å². The highest BCUT2D eigenvalue weighted by molar-refractivity contribution is 8.00. The van der Waals surface area contributed by atoms with E-state index in [-0.39, 0.29) is 47.5 Å². The Morgan fingerprint density at radius 1 is 1.02 bits per heavy atom. The third kappa shape index (κ3) is 6.11. The van der Waals surface area contributed by atoms with E-state index in [0.29, 0.717) is 5.82 Å². The van der Waals surface area contributed by atoms with Gasteiger partial charge in [0.05, 0.1) is 22.4 Å². The maximum Gasteiger partial charge on any atom is 0.240 e. The van der Waals surface area contributed by atoms with Gasteiger partial charge in [-0.25, -0.2) is 13.5 Å². The minimum atomic E-state index is -0.427. The van der Waals surface area contributed by atoms with Gasteiger partial charge in [0, 0.05) is 17.5 Å². The van der Waals surface area contributed by atoms with Gasteiger partial charge < -0.3 is 5.32 Å². The lowest BCUT2D eigenvalue weighted by molar-refractivity contribution is -0.123. The largest absolute Gasteiger partial charge is 0.350 e. The molecule has 0 radical (unpaired) electrons. The summed E-state index contributed by atoms with van der Waals surface area (Å²) in [5, 5.41) is 7.58. The van der Waals surface area contributed by atoms with Crippen molar-refractivity contribution in [1.29, 1.82) is 0 Å². The Morgan fingerprint density at radius 2 is 1.76 bits per heavy atom. The van der Waals surface area contributed by atoms with Crippen LogP contribution in [0.5, 0.6) is 0 Å². The summed E-state index contributed by atoms with van der Waals surface area (Å²) in [6.45, 7) is 10.1. The van der Waals surface area contributed by atoms with Gasteiger partial charge in [0.1, 0.15) is 24.0 Å². The van der Waals surface area contributed by atoms with Crippen LogP contribution in [0.1, 0.15) is 59.5 Å². The molecule has 0 spiro atoms. The number of nitrogens with zero attached hydrogens (tertiary/aromatic N) is 3. The molecule has 0 saturated carbocycles. The summed E-state index contributed by atoms with van der Waals surface area (Å²) >= 11 is 1.41. The average molecular weight is 589 g/mol. The van der Waals surface area contributed by atoms with Gasteiger partial charge in [-0.05, 0) is 60.9 Å². The number of hydrogen-bond donors (Lipinski definition) is 1. The fraction of sp³-hybridized carbons (Fsp3) is 0.303. The Bertz CT molecular complexity index is 1640. The van der Waals surface area contributed by atoms with Crippen LogP contribution in [0, 0.1) is 25.5 Å². The summed E-state index contributed by atoms with van der Waals surface area (Å²) < 4.78 is 29.6. The van der Waals surface area contributed by atoms with Crippen molar-refractivity contribution in [3.63, 3.8) is 0 Å². The van der Waals surface area contributed by atoms with Crippen molar-refractivity contribution in [3.8, 4) is 5.69 Å². The number of nitrogens with one attached hydrogen (secondary N) is 1. The van der Waals surface area contributed by atoms with Crippen molar-refractivity contribution in [3.05, 3.63) is 112 Å². The van der Waals surface area contributed by atoms with Gasteiger partial charge in [0.15, 0.2) is 0 Å². The van der Waals surface area contributed by atoms with E-state index in [9.17, 15) is 18.4 Å². The number of aromatic nitrogens is 2. The van der Waals surface area contributed by atoms with E-state index in [1.165, 1.54) is 40.9 Å². The van der Waals surface area contributed by atoms with Gasteiger partial charge in [0.2, 0.25) is 11.8 Å². The molecule has 1 atom stereocenters. The lowest BCUT2D eigenvalue weighted by Crippen LogP contribution is -2.42. The van der Waals surface area contributed by atoms with Crippen molar-refractivity contribution in [2.24, 2.45) is 0 Å². The van der Waals surface area contributed by atoms with E-state index >= 15 is 0 Å². The van der Waals surface area contributed by atoms with E-state index in [0.717, 1.165) is 39.2 Å². The molecule has 1 aromatic heterocycles. The predicted octanol–water partition coefficient (Wildman–Crippen LogP) is 6.55. The van der Waals surface area contributed by atoms with E-state index in [2.05, 4.69) is 32.2 Å². The highest BCUT2D eigenvalue weighted by Gasteiger charge is 2.40. The summed E-state index contributed by atoms with van der Waals surface area (Å²) in [6, 6.07) is 18.3. The SMILES string of the molecule is Cc1ccc(-n2nc(C(C)(C)C)c3c2N(CC(=O)NCc2ccc(F)cc2)C(=O)CSC3c2cccc(F)c2)c(C)c1. The monoisotopic (exact) mass is 588 g/mol. The smallest absolute Gasteiger partial charge is 0.240 e. The summed E-state index contributed by atoms with van der Waals surface area (Å²) in [7, 11) is 0. The Hall–Kier alpha value is -3.98. The highest BCUT2D eigenvalue weighted by atomic mass is 32.2. The van der Waals surface area contributed by atoms with Gasteiger partial charge in [-0.3, -0.25) is 14.5 Å². The number of hydrogen-bond acceptors (Lipinski definition) is 4. The molecule has 1 unspecified atom stereocenters. The van der Waals surface area contributed by atoms with E-state index in [4.69, 9.17) is 5.10 Å². The van der Waals surface area contributed by atoms with Gasteiger partial charge in [-0.1, -0.05) is 62.7 Å². The molecule has 2 heterocycles. The molecular formula is C33H34F2N4O2S. The quantitative estimate of drug-likeness (QED) is 0.277. The summed E-state index contributed by atoms with van der Waals surface area (Å²) in [5.41, 5.74) is 5.44. The van der Waals surface area contributed by atoms with Crippen LogP contribution >= 0.6 is 11.8 Å². The number of aryl methyl sites for hydroxylation is 2. The first-order valence-electron chi connectivity index (χ1n) is 13.8. The number of anilines is 1. The Kier molecular flexibility index (Phi) is 8.23. The minimum Gasteiger partial charge on any atom is -0.350 e. The average Bonchev–Trinajstić information content (AvgIpc) is 3.25. The molecule has 218 valence electrons. The molecule has 6 nitrogen and oxygen atoms in total. The van der Waals surface area contributed by atoms with Gasteiger partial charge in [-0.15, -0.1) is 11.8 Å². The second kappa shape index (κ2) is 11.7. The van der Waals surface area contributed by atoms with Gasteiger partial charge in [0.25, 0.3) is 0 Å². The fourth-order valence-corrected chi connectivity index (χ4v) is 6.41. The predicted molar refractivity (Wildman–Crippen MR) is 163 cm³/mol. The van der Waals surface area contributed by atoms with Crippen molar-refractivity contribution < 1.29 is 18.4 Å². The number of halogens is 2. The second-order valence-corrected chi connectivity index (χ2v) is 12.8. The zero-order chi connectivity index (χ0) is 30.2. The van der Waals surface area contributed by atoms with E-state index < -0.39 is 5.41 Å². The standard InChI is InChI=1S/C33H34F2N4O2S/c1-20-9-14-26(21(2)15-20)39-32-29(31(37-39)33(3,4)5)30(23-7-6-8-25(35)16-23)42-19-28(41)38(32)18-27(40)36-17-22-10-12-24(34)13-11-22/h6-16,30H,17-19H2,1-5H3,(H,36,40). The van der Waals surface area contributed by atoms with Crippen molar-refractivity contribution in [1.82, 2.24) is 15.1 Å². The molecule has 9 heteroatoms.